The van der Waals surface area contributed by atoms with Gasteiger partial charge in [0.25, 0.3) is 0 Å². The lowest BCUT2D eigenvalue weighted by Gasteiger charge is -2.37. The number of piperazine rings is 1. The molecule has 4 nitrogen and oxygen atoms in total. The number of phenolic OH excluding ortho intramolecular Hbond substituents is 1. The van der Waals surface area contributed by atoms with Crippen molar-refractivity contribution in [1.29, 1.82) is 0 Å². The predicted octanol–water partition coefficient (Wildman–Crippen LogP) is 3.67. The molecule has 1 fully saturated rings. The van der Waals surface area contributed by atoms with Gasteiger partial charge in [-0.1, -0.05) is 22.0 Å². The van der Waals surface area contributed by atoms with E-state index in [9.17, 15) is 5.11 Å². The fourth-order valence-corrected chi connectivity index (χ4v) is 3.16. The normalized spacial score (nSPS) is 14.7. The minimum atomic E-state index is 0.303. The molecular formula is C17H18BrN3OS. The number of thiocarbonyl (C=S) groups is 1. The number of phenols is 1. The van der Waals surface area contributed by atoms with Crippen molar-refractivity contribution in [3.05, 3.63) is 53.0 Å². The lowest BCUT2D eigenvalue weighted by Crippen LogP contribution is -2.50. The Hall–Kier alpha value is -1.79. The number of hydrogen-bond donors (Lipinski definition) is 2. The van der Waals surface area contributed by atoms with E-state index >= 15 is 0 Å². The summed E-state index contributed by atoms with van der Waals surface area (Å²) in [5, 5.41) is 13.6. The first-order chi connectivity index (χ1) is 11.1. The number of anilines is 2. The van der Waals surface area contributed by atoms with Crippen LogP contribution in [0.4, 0.5) is 11.4 Å². The standard InChI is InChI=1S/C17H18BrN3OS/c18-13-4-6-14(7-5-13)19-17(23)21-10-8-20(9-11-21)15-2-1-3-16(22)12-15/h1-7,12,22H,8-11H2,(H,19,23). The van der Waals surface area contributed by atoms with Crippen molar-refractivity contribution >= 4 is 44.6 Å². The monoisotopic (exact) mass is 391 g/mol. The molecule has 0 radical (unpaired) electrons. The van der Waals surface area contributed by atoms with E-state index in [0.29, 0.717) is 5.75 Å². The van der Waals surface area contributed by atoms with E-state index in [1.54, 1.807) is 12.1 Å². The second-order valence-corrected chi connectivity index (χ2v) is 6.73. The van der Waals surface area contributed by atoms with Crippen LogP contribution in [-0.2, 0) is 0 Å². The summed E-state index contributed by atoms with van der Waals surface area (Å²) in [6.45, 7) is 3.48. The molecule has 1 saturated heterocycles. The van der Waals surface area contributed by atoms with Gasteiger partial charge in [-0.25, -0.2) is 0 Å². The number of nitrogens with one attached hydrogen (secondary N) is 1. The van der Waals surface area contributed by atoms with Crippen molar-refractivity contribution in [1.82, 2.24) is 4.90 Å². The van der Waals surface area contributed by atoms with Gasteiger partial charge in [0.05, 0.1) is 0 Å². The predicted molar refractivity (Wildman–Crippen MR) is 102 cm³/mol. The Kier molecular flexibility index (Phi) is 5.03. The Morgan fingerprint density at radius 1 is 1.04 bits per heavy atom. The molecule has 0 unspecified atom stereocenters. The van der Waals surface area contributed by atoms with E-state index < -0.39 is 0 Å². The summed E-state index contributed by atoms with van der Waals surface area (Å²) in [6, 6.07) is 15.4. The number of halogens is 1. The summed E-state index contributed by atoms with van der Waals surface area (Å²) in [5.74, 6) is 0.303. The van der Waals surface area contributed by atoms with Gasteiger partial charge in [0, 0.05) is 48.1 Å². The molecule has 6 heteroatoms. The Bertz CT molecular complexity index is 684. The Balaban J connectivity index is 1.56. The van der Waals surface area contributed by atoms with E-state index in [1.165, 1.54) is 0 Å². The number of nitrogens with zero attached hydrogens (tertiary/aromatic N) is 2. The molecule has 0 amide bonds. The van der Waals surface area contributed by atoms with Crippen molar-refractivity contribution in [2.45, 2.75) is 0 Å². The highest BCUT2D eigenvalue weighted by molar-refractivity contribution is 9.10. The maximum Gasteiger partial charge on any atom is 0.173 e. The average molecular weight is 392 g/mol. The van der Waals surface area contributed by atoms with Crippen LogP contribution in [0.2, 0.25) is 0 Å². The topological polar surface area (TPSA) is 38.7 Å². The molecule has 0 aliphatic carbocycles. The van der Waals surface area contributed by atoms with Gasteiger partial charge in [-0.05, 0) is 48.6 Å². The maximum absolute atomic E-state index is 9.60. The van der Waals surface area contributed by atoms with E-state index in [0.717, 1.165) is 47.1 Å². The van der Waals surface area contributed by atoms with Crippen LogP contribution in [-0.4, -0.2) is 41.3 Å². The molecule has 0 bridgehead atoms. The van der Waals surface area contributed by atoms with Gasteiger partial charge in [-0.15, -0.1) is 0 Å². The Morgan fingerprint density at radius 3 is 2.39 bits per heavy atom. The molecule has 120 valence electrons. The lowest BCUT2D eigenvalue weighted by molar-refractivity contribution is 0.390. The van der Waals surface area contributed by atoms with Crippen LogP contribution in [0.15, 0.2) is 53.0 Å². The van der Waals surface area contributed by atoms with Gasteiger partial charge in [-0.2, -0.15) is 0 Å². The number of hydrogen-bond acceptors (Lipinski definition) is 3. The third kappa shape index (κ3) is 4.14. The molecule has 1 aliphatic heterocycles. The minimum absolute atomic E-state index is 0.303. The van der Waals surface area contributed by atoms with Crippen molar-refractivity contribution in [3.8, 4) is 5.75 Å². The highest BCUT2D eigenvalue weighted by atomic mass is 79.9. The molecule has 0 saturated carbocycles. The summed E-state index contributed by atoms with van der Waals surface area (Å²) in [4.78, 5) is 4.44. The van der Waals surface area contributed by atoms with Crippen molar-refractivity contribution in [2.24, 2.45) is 0 Å². The summed E-state index contributed by atoms with van der Waals surface area (Å²) in [5.41, 5.74) is 2.05. The van der Waals surface area contributed by atoms with Crippen LogP contribution < -0.4 is 10.2 Å². The molecular weight excluding hydrogens is 374 g/mol. The van der Waals surface area contributed by atoms with E-state index in [4.69, 9.17) is 12.2 Å². The smallest absolute Gasteiger partial charge is 0.173 e. The molecule has 1 heterocycles. The highest BCUT2D eigenvalue weighted by Gasteiger charge is 2.19. The van der Waals surface area contributed by atoms with Gasteiger partial charge in [0.2, 0.25) is 0 Å². The molecule has 0 aromatic heterocycles. The van der Waals surface area contributed by atoms with Crippen molar-refractivity contribution < 1.29 is 5.11 Å². The van der Waals surface area contributed by atoms with Gasteiger partial charge in [-0.3, -0.25) is 0 Å². The second kappa shape index (κ2) is 7.19. The summed E-state index contributed by atoms with van der Waals surface area (Å²) < 4.78 is 1.05. The van der Waals surface area contributed by atoms with Crippen molar-refractivity contribution in [2.75, 3.05) is 36.4 Å². The lowest BCUT2D eigenvalue weighted by atomic mass is 10.2. The molecule has 0 atom stereocenters. The van der Waals surface area contributed by atoms with Crippen molar-refractivity contribution in [3.63, 3.8) is 0 Å². The first kappa shape index (κ1) is 16.1. The zero-order valence-corrected chi connectivity index (χ0v) is 15.0. The number of aromatic hydroxyl groups is 1. The quantitative estimate of drug-likeness (QED) is 0.763. The van der Waals surface area contributed by atoms with E-state index in [-0.39, 0.29) is 0 Å². The number of benzene rings is 2. The number of rotatable bonds is 2. The summed E-state index contributed by atoms with van der Waals surface area (Å²) in [6.07, 6.45) is 0. The van der Waals surface area contributed by atoms with Crippen LogP contribution in [0.3, 0.4) is 0 Å². The third-order valence-corrected chi connectivity index (χ3v) is 4.75. The fourth-order valence-electron chi connectivity index (χ4n) is 2.59. The molecule has 1 aliphatic rings. The van der Waals surface area contributed by atoms with Crippen LogP contribution in [0.1, 0.15) is 0 Å². The first-order valence-corrected chi connectivity index (χ1v) is 8.67. The molecule has 2 aromatic rings. The third-order valence-electron chi connectivity index (χ3n) is 3.86. The SMILES string of the molecule is Oc1cccc(N2CCN(C(=S)Nc3ccc(Br)cc3)CC2)c1. The van der Waals surface area contributed by atoms with Crippen LogP contribution >= 0.6 is 28.1 Å². The van der Waals surface area contributed by atoms with E-state index in [2.05, 4.69) is 31.0 Å². The largest absolute Gasteiger partial charge is 0.508 e. The Morgan fingerprint density at radius 2 is 1.74 bits per heavy atom. The van der Waals surface area contributed by atoms with Gasteiger partial charge in [0.1, 0.15) is 5.75 Å². The Labute approximate surface area is 149 Å². The van der Waals surface area contributed by atoms with Crippen LogP contribution in [0.5, 0.6) is 5.75 Å². The van der Waals surface area contributed by atoms with Gasteiger partial charge in [0.15, 0.2) is 5.11 Å². The fraction of sp³-hybridized carbons (Fsp3) is 0.235. The zero-order valence-electron chi connectivity index (χ0n) is 12.6. The maximum atomic E-state index is 9.60. The molecule has 2 aromatic carbocycles. The van der Waals surface area contributed by atoms with Gasteiger partial charge >= 0.3 is 0 Å². The highest BCUT2D eigenvalue weighted by Crippen LogP contribution is 2.21. The molecule has 0 spiro atoms. The first-order valence-electron chi connectivity index (χ1n) is 7.47. The van der Waals surface area contributed by atoms with Crippen LogP contribution in [0.25, 0.3) is 0 Å². The minimum Gasteiger partial charge on any atom is -0.508 e. The zero-order chi connectivity index (χ0) is 16.2. The summed E-state index contributed by atoms with van der Waals surface area (Å²) >= 11 is 8.94. The van der Waals surface area contributed by atoms with Crippen LogP contribution in [0, 0.1) is 0 Å². The second-order valence-electron chi connectivity index (χ2n) is 5.43. The van der Waals surface area contributed by atoms with E-state index in [1.807, 2.05) is 36.4 Å². The molecule has 2 N–H and O–H groups in total. The molecule has 3 rings (SSSR count). The van der Waals surface area contributed by atoms with Gasteiger partial charge < -0.3 is 20.2 Å². The molecule has 23 heavy (non-hydrogen) atoms. The summed E-state index contributed by atoms with van der Waals surface area (Å²) in [7, 11) is 0. The average Bonchev–Trinajstić information content (AvgIpc) is 2.57.